The molecule has 134 valence electrons. The highest BCUT2D eigenvalue weighted by molar-refractivity contribution is 5.75. The lowest BCUT2D eigenvalue weighted by molar-refractivity contribution is 0.464. The highest BCUT2D eigenvalue weighted by Crippen LogP contribution is 2.27. The van der Waals surface area contributed by atoms with Crippen molar-refractivity contribution >= 4 is 23.1 Å². The molecular weight excluding hydrogens is 316 g/mol. The van der Waals surface area contributed by atoms with Gasteiger partial charge in [-0.25, -0.2) is 20.4 Å². The first-order chi connectivity index (χ1) is 11.9. The SMILES string of the molecule is CC(C)(C)NNc1ncnc(N2CCN(c3ccccn3)CC2)c1N. The Morgan fingerprint density at radius 3 is 2.36 bits per heavy atom. The van der Waals surface area contributed by atoms with Crippen LogP contribution in [0.4, 0.5) is 23.1 Å². The normalized spacial score (nSPS) is 15.3. The van der Waals surface area contributed by atoms with Crippen LogP contribution in [0, 0.1) is 0 Å². The second kappa shape index (κ2) is 7.10. The zero-order valence-electron chi connectivity index (χ0n) is 15.0. The largest absolute Gasteiger partial charge is 0.393 e. The number of pyridine rings is 1. The third kappa shape index (κ3) is 4.27. The predicted octanol–water partition coefficient (Wildman–Crippen LogP) is 1.50. The van der Waals surface area contributed by atoms with Crippen LogP contribution in [0.5, 0.6) is 0 Å². The molecule has 1 fully saturated rings. The molecule has 0 atom stereocenters. The van der Waals surface area contributed by atoms with E-state index in [0.717, 1.165) is 37.8 Å². The summed E-state index contributed by atoms with van der Waals surface area (Å²) in [6.07, 6.45) is 3.37. The molecule has 2 aromatic rings. The number of nitrogens with two attached hydrogens (primary N) is 1. The third-order valence-corrected chi connectivity index (χ3v) is 3.97. The number of piperazine rings is 1. The van der Waals surface area contributed by atoms with Crippen molar-refractivity contribution in [3.8, 4) is 0 Å². The molecule has 0 bridgehead atoms. The summed E-state index contributed by atoms with van der Waals surface area (Å²) < 4.78 is 0. The number of aromatic nitrogens is 3. The van der Waals surface area contributed by atoms with Gasteiger partial charge in [-0.3, -0.25) is 0 Å². The summed E-state index contributed by atoms with van der Waals surface area (Å²) in [5.41, 5.74) is 13.0. The molecule has 1 saturated heterocycles. The van der Waals surface area contributed by atoms with E-state index in [-0.39, 0.29) is 5.54 Å². The van der Waals surface area contributed by atoms with E-state index >= 15 is 0 Å². The molecule has 8 heteroatoms. The summed E-state index contributed by atoms with van der Waals surface area (Å²) in [5, 5.41) is 0. The quantitative estimate of drug-likeness (QED) is 0.720. The Kier molecular flexibility index (Phi) is 4.89. The summed E-state index contributed by atoms with van der Waals surface area (Å²) in [7, 11) is 0. The molecule has 0 amide bonds. The number of nitrogens with zero attached hydrogens (tertiary/aromatic N) is 5. The van der Waals surface area contributed by atoms with Gasteiger partial charge in [-0.1, -0.05) is 6.07 Å². The summed E-state index contributed by atoms with van der Waals surface area (Å²) in [6, 6.07) is 5.98. The van der Waals surface area contributed by atoms with E-state index < -0.39 is 0 Å². The standard InChI is InChI=1S/C17H26N8/c1-17(2,3)23-22-15-14(18)16(21-12-20-15)25-10-8-24(9-11-25)13-6-4-5-7-19-13/h4-7,12,23H,8-11,18H2,1-3H3,(H,20,21,22). The van der Waals surface area contributed by atoms with E-state index in [1.165, 1.54) is 0 Å². The Hall–Kier alpha value is -2.61. The van der Waals surface area contributed by atoms with Crippen LogP contribution in [0.3, 0.4) is 0 Å². The first kappa shape index (κ1) is 17.2. The van der Waals surface area contributed by atoms with Crippen molar-refractivity contribution in [1.29, 1.82) is 0 Å². The average molecular weight is 342 g/mol. The monoisotopic (exact) mass is 342 g/mol. The fourth-order valence-corrected chi connectivity index (χ4v) is 2.67. The van der Waals surface area contributed by atoms with Crippen molar-refractivity contribution in [3.05, 3.63) is 30.7 Å². The molecule has 25 heavy (non-hydrogen) atoms. The first-order valence-electron chi connectivity index (χ1n) is 8.48. The van der Waals surface area contributed by atoms with Crippen LogP contribution in [0.25, 0.3) is 0 Å². The van der Waals surface area contributed by atoms with Gasteiger partial charge in [-0.05, 0) is 32.9 Å². The second-order valence-electron chi connectivity index (χ2n) is 7.12. The van der Waals surface area contributed by atoms with Crippen molar-refractivity contribution < 1.29 is 0 Å². The topological polar surface area (TPSA) is 95.2 Å². The van der Waals surface area contributed by atoms with E-state index in [4.69, 9.17) is 5.73 Å². The van der Waals surface area contributed by atoms with Gasteiger partial charge in [0.2, 0.25) is 0 Å². The van der Waals surface area contributed by atoms with Crippen LogP contribution in [-0.4, -0.2) is 46.7 Å². The molecule has 0 aromatic carbocycles. The minimum absolute atomic E-state index is 0.0914. The van der Waals surface area contributed by atoms with Gasteiger partial charge in [0.1, 0.15) is 17.8 Å². The van der Waals surface area contributed by atoms with E-state index in [9.17, 15) is 0 Å². The van der Waals surface area contributed by atoms with Crippen molar-refractivity contribution in [1.82, 2.24) is 20.4 Å². The number of nitrogens with one attached hydrogen (secondary N) is 2. The number of nitrogen functional groups attached to an aromatic ring is 1. The van der Waals surface area contributed by atoms with Crippen molar-refractivity contribution in [2.45, 2.75) is 26.3 Å². The van der Waals surface area contributed by atoms with Gasteiger partial charge in [-0.15, -0.1) is 0 Å². The minimum Gasteiger partial charge on any atom is -0.393 e. The van der Waals surface area contributed by atoms with Crippen LogP contribution in [0.2, 0.25) is 0 Å². The van der Waals surface area contributed by atoms with Gasteiger partial charge >= 0.3 is 0 Å². The molecule has 0 unspecified atom stereocenters. The zero-order chi connectivity index (χ0) is 17.9. The van der Waals surface area contributed by atoms with Crippen LogP contribution < -0.4 is 26.4 Å². The maximum Gasteiger partial charge on any atom is 0.169 e. The molecule has 0 radical (unpaired) electrons. The molecule has 0 spiro atoms. The lowest BCUT2D eigenvalue weighted by Crippen LogP contribution is -2.47. The lowest BCUT2D eigenvalue weighted by Gasteiger charge is -2.36. The van der Waals surface area contributed by atoms with Crippen LogP contribution >= 0.6 is 0 Å². The molecule has 3 rings (SSSR count). The van der Waals surface area contributed by atoms with Crippen molar-refractivity contribution in [3.63, 3.8) is 0 Å². The van der Waals surface area contributed by atoms with Crippen molar-refractivity contribution in [2.24, 2.45) is 0 Å². The van der Waals surface area contributed by atoms with E-state index in [2.05, 4.69) is 56.4 Å². The Labute approximate surface area is 148 Å². The number of hydrogen-bond acceptors (Lipinski definition) is 8. The Morgan fingerprint density at radius 1 is 1.00 bits per heavy atom. The van der Waals surface area contributed by atoms with E-state index in [0.29, 0.717) is 11.5 Å². The fourth-order valence-electron chi connectivity index (χ4n) is 2.67. The average Bonchev–Trinajstić information content (AvgIpc) is 2.61. The van der Waals surface area contributed by atoms with Gasteiger partial charge in [0.25, 0.3) is 0 Å². The summed E-state index contributed by atoms with van der Waals surface area (Å²) in [6.45, 7) is 9.63. The van der Waals surface area contributed by atoms with Gasteiger partial charge in [0, 0.05) is 37.9 Å². The molecule has 0 saturated carbocycles. The molecular formula is C17H26N8. The molecule has 1 aliphatic rings. The Bertz CT molecular complexity index is 690. The third-order valence-electron chi connectivity index (χ3n) is 3.97. The predicted molar refractivity (Wildman–Crippen MR) is 102 cm³/mol. The van der Waals surface area contributed by atoms with Crippen LogP contribution in [-0.2, 0) is 0 Å². The van der Waals surface area contributed by atoms with E-state index in [1.54, 1.807) is 6.33 Å². The Morgan fingerprint density at radius 2 is 1.72 bits per heavy atom. The zero-order valence-corrected chi connectivity index (χ0v) is 15.0. The summed E-state index contributed by atoms with van der Waals surface area (Å²) in [4.78, 5) is 17.5. The number of hydrazine groups is 1. The highest BCUT2D eigenvalue weighted by Gasteiger charge is 2.22. The Balaban J connectivity index is 1.67. The lowest BCUT2D eigenvalue weighted by atomic mass is 10.1. The van der Waals surface area contributed by atoms with Gasteiger partial charge in [-0.2, -0.15) is 0 Å². The maximum atomic E-state index is 6.29. The van der Waals surface area contributed by atoms with Gasteiger partial charge in [0.15, 0.2) is 11.6 Å². The molecule has 0 aliphatic carbocycles. The smallest absolute Gasteiger partial charge is 0.169 e. The number of rotatable bonds is 4. The molecule has 3 heterocycles. The number of hydrogen-bond donors (Lipinski definition) is 3. The van der Waals surface area contributed by atoms with Gasteiger partial charge in [0.05, 0.1) is 0 Å². The molecule has 4 N–H and O–H groups in total. The second-order valence-corrected chi connectivity index (χ2v) is 7.12. The van der Waals surface area contributed by atoms with Crippen LogP contribution in [0.1, 0.15) is 20.8 Å². The minimum atomic E-state index is -0.0914. The summed E-state index contributed by atoms with van der Waals surface area (Å²) >= 11 is 0. The van der Waals surface area contributed by atoms with Crippen LogP contribution in [0.15, 0.2) is 30.7 Å². The molecule has 1 aliphatic heterocycles. The van der Waals surface area contributed by atoms with Crippen molar-refractivity contribution in [2.75, 3.05) is 47.1 Å². The fraction of sp³-hybridized carbons (Fsp3) is 0.471. The summed E-state index contributed by atoms with van der Waals surface area (Å²) in [5.74, 6) is 2.38. The first-order valence-corrected chi connectivity index (χ1v) is 8.48. The number of anilines is 4. The highest BCUT2D eigenvalue weighted by atomic mass is 15.4. The maximum absolute atomic E-state index is 6.29. The van der Waals surface area contributed by atoms with E-state index in [1.807, 2.05) is 24.4 Å². The van der Waals surface area contributed by atoms with Gasteiger partial charge < -0.3 is 21.0 Å². The molecule has 8 nitrogen and oxygen atoms in total. The molecule has 2 aromatic heterocycles.